The predicted octanol–water partition coefficient (Wildman–Crippen LogP) is 3.51. The molecule has 116 valence electrons. The van der Waals surface area contributed by atoms with E-state index in [1.165, 1.54) is 0 Å². The van der Waals surface area contributed by atoms with Crippen molar-refractivity contribution in [3.8, 4) is 0 Å². The van der Waals surface area contributed by atoms with Crippen molar-refractivity contribution in [3.05, 3.63) is 34.4 Å². The summed E-state index contributed by atoms with van der Waals surface area (Å²) in [6.07, 6.45) is 3.92. The van der Waals surface area contributed by atoms with Crippen LogP contribution in [0.4, 0.5) is 17.5 Å². The zero-order valence-corrected chi connectivity index (χ0v) is 13.2. The smallest absolute Gasteiger partial charge is 0.244 e. The summed E-state index contributed by atoms with van der Waals surface area (Å²) in [5.41, 5.74) is 0.778. The van der Waals surface area contributed by atoms with Crippen molar-refractivity contribution in [1.29, 1.82) is 0 Å². The Hall–Kier alpha value is -1.63. The van der Waals surface area contributed by atoms with Gasteiger partial charge in [-0.1, -0.05) is 23.2 Å². The molecule has 1 aliphatic rings. The molecule has 0 spiro atoms. The summed E-state index contributed by atoms with van der Waals surface area (Å²) in [7, 11) is 0. The minimum absolute atomic E-state index is 0.218. The van der Waals surface area contributed by atoms with Gasteiger partial charge in [-0.3, -0.25) is 0 Å². The average molecular weight is 340 g/mol. The maximum atomic E-state index is 5.99. The highest BCUT2D eigenvalue weighted by atomic mass is 35.5. The lowest BCUT2D eigenvalue weighted by molar-refractivity contribution is 0.120. The van der Waals surface area contributed by atoms with Gasteiger partial charge in [-0.2, -0.15) is 10.1 Å². The van der Waals surface area contributed by atoms with Crippen molar-refractivity contribution < 1.29 is 4.74 Å². The first-order valence-electron chi connectivity index (χ1n) is 6.98. The first-order valence-corrected chi connectivity index (χ1v) is 7.73. The molecule has 1 fully saturated rings. The summed E-state index contributed by atoms with van der Waals surface area (Å²) >= 11 is 11.9. The molecule has 1 saturated heterocycles. The average Bonchev–Trinajstić information content (AvgIpc) is 3.03. The van der Waals surface area contributed by atoms with Crippen LogP contribution in [0.25, 0.3) is 0 Å². The minimum atomic E-state index is 0.218. The highest BCUT2D eigenvalue weighted by molar-refractivity contribution is 6.42. The topological polar surface area (TPSA) is 72.0 Å². The SMILES string of the molecule is Clc1ccc(Nc2cnnc(NCC3CCCO3)n2)cc1Cl. The van der Waals surface area contributed by atoms with Gasteiger partial charge in [-0.15, -0.1) is 5.10 Å². The molecule has 1 aromatic heterocycles. The lowest BCUT2D eigenvalue weighted by Crippen LogP contribution is -2.20. The van der Waals surface area contributed by atoms with Crippen LogP contribution >= 0.6 is 23.2 Å². The molecule has 6 nitrogen and oxygen atoms in total. The molecule has 1 unspecified atom stereocenters. The van der Waals surface area contributed by atoms with E-state index in [0.717, 1.165) is 25.1 Å². The van der Waals surface area contributed by atoms with Crippen LogP contribution in [0.3, 0.4) is 0 Å². The normalized spacial score (nSPS) is 17.5. The Balaban J connectivity index is 1.63. The molecule has 2 N–H and O–H groups in total. The molecule has 2 aromatic rings. The van der Waals surface area contributed by atoms with Gasteiger partial charge in [0, 0.05) is 18.8 Å². The number of anilines is 3. The molecule has 0 radical (unpaired) electrons. The highest BCUT2D eigenvalue weighted by Crippen LogP contribution is 2.26. The van der Waals surface area contributed by atoms with Crippen molar-refractivity contribution in [2.45, 2.75) is 18.9 Å². The molecule has 0 amide bonds. The number of benzene rings is 1. The van der Waals surface area contributed by atoms with Gasteiger partial charge in [0.25, 0.3) is 0 Å². The zero-order valence-electron chi connectivity index (χ0n) is 11.7. The molecular formula is C14H15Cl2N5O. The summed E-state index contributed by atoms with van der Waals surface area (Å²) in [6, 6.07) is 5.26. The van der Waals surface area contributed by atoms with Gasteiger partial charge in [0.2, 0.25) is 5.95 Å². The first kappa shape index (κ1) is 15.3. The van der Waals surface area contributed by atoms with Crippen molar-refractivity contribution >= 4 is 40.7 Å². The maximum absolute atomic E-state index is 5.99. The van der Waals surface area contributed by atoms with Gasteiger partial charge in [-0.25, -0.2) is 0 Å². The van der Waals surface area contributed by atoms with E-state index in [1.807, 2.05) is 6.07 Å². The van der Waals surface area contributed by atoms with Crippen molar-refractivity contribution in [1.82, 2.24) is 15.2 Å². The molecule has 2 heterocycles. The third-order valence-corrected chi connectivity index (χ3v) is 4.00. The molecule has 0 aliphatic carbocycles. The Kier molecular flexibility index (Phi) is 4.92. The monoisotopic (exact) mass is 339 g/mol. The fraction of sp³-hybridized carbons (Fsp3) is 0.357. The molecule has 0 saturated carbocycles. The zero-order chi connectivity index (χ0) is 15.4. The molecule has 1 atom stereocenters. The second-order valence-corrected chi connectivity index (χ2v) is 5.75. The molecule has 3 rings (SSSR count). The minimum Gasteiger partial charge on any atom is -0.376 e. The lowest BCUT2D eigenvalue weighted by Gasteiger charge is -2.11. The van der Waals surface area contributed by atoms with E-state index >= 15 is 0 Å². The number of halogens is 2. The maximum Gasteiger partial charge on any atom is 0.244 e. The summed E-state index contributed by atoms with van der Waals surface area (Å²) in [4.78, 5) is 4.35. The molecule has 0 bridgehead atoms. The van der Waals surface area contributed by atoms with Crippen LogP contribution in [0.15, 0.2) is 24.4 Å². The van der Waals surface area contributed by atoms with Crippen molar-refractivity contribution in [2.75, 3.05) is 23.8 Å². The van der Waals surface area contributed by atoms with E-state index in [9.17, 15) is 0 Å². The Bertz CT molecular complexity index is 649. The molecule has 1 aliphatic heterocycles. The Morgan fingerprint density at radius 3 is 2.95 bits per heavy atom. The van der Waals surface area contributed by atoms with E-state index in [2.05, 4.69) is 25.8 Å². The number of ether oxygens (including phenoxy) is 1. The van der Waals surface area contributed by atoms with Crippen LogP contribution in [-0.2, 0) is 4.74 Å². The van der Waals surface area contributed by atoms with Gasteiger partial charge < -0.3 is 15.4 Å². The second-order valence-electron chi connectivity index (χ2n) is 4.94. The van der Waals surface area contributed by atoms with E-state index in [1.54, 1.807) is 18.3 Å². The quantitative estimate of drug-likeness (QED) is 0.868. The van der Waals surface area contributed by atoms with E-state index in [0.29, 0.717) is 28.4 Å². The van der Waals surface area contributed by atoms with Crippen molar-refractivity contribution in [3.63, 3.8) is 0 Å². The standard InChI is InChI=1S/C14H15Cl2N5O/c15-11-4-3-9(6-12(11)16)19-13-8-18-21-14(20-13)17-7-10-2-1-5-22-10/h3-4,6,8,10H,1-2,5,7H2,(H2,17,19,20,21). The number of nitrogens with one attached hydrogen (secondary N) is 2. The molecule has 22 heavy (non-hydrogen) atoms. The molecular weight excluding hydrogens is 325 g/mol. The van der Waals surface area contributed by atoms with Crippen LogP contribution in [0, 0.1) is 0 Å². The lowest BCUT2D eigenvalue weighted by atomic mass is 10.2. The number of nitrogens with zero attached hydrogens (tertiary/aromatic N) is 3. The van der Waals surface area contributed by atoms with E-state index < -0.39 is 0 Å². The predicted molar refractivity (Wildman–Crippen MR) is 87.0 cm³/mol. The van der Waals surface area contributed by atoms with Crippen LogP contribution in [0.1, 0.15) is 12.8 Å². The summed E-state index contributed by atoms with van der Waals surface area (Å²) in [6.45, 7) is 1.50. The molecule has 1 aromatic carbocycles. The summed E-state index contributed by atoms with van der Waals surface area (Å²) < 4.78 is 5.54. The van der Waals surface area contributed by atoms with E-state index in [-0.39, 0.29) is 6.10 Å². The Morgan fingerprint density at radius 2 is 2.18 bits per heavy atom. The number of hydrogen-bond acceptors (Lipinski definition) is 6. The van der Waals surface area contributed by atoms with Gasteiger partial charge in [-0.05, 0) is 31.0 Å². The fourth-order valence-corrected chi connectivity index (χ4v) is 2.47. The number of aromatic nitrogens is 3. The van der Waals surface area contributed by atoms with Crippen LogP contribution < -0.4 is 10.6 Å². The third kappa shape index (κ3) is 3.97. The highest BCUT2D eigenvalue weighted by Gasteiger charge is 2.15. The Morgan fingerprint density at radius 1 is 1.27 bits per heavy atom. The van der Waals surface area contributed by atoms with E-state index in [4.69, 9.17) is 27.9 Å². The van der Waals surface area contributed by atoms with Crippen molar-refractivity contribution in [2.24, 2.45) is 0 Å². The molecule has 8 heteroatoms. The van der Waals surface area contributed by atoms with Crippen LogP contribution in [0.2, 0.25) is 10.0 Å². The van der Waals surface area contributed by atoms with Gasteiger partial charge in [0.1, 0.15) is 0 Å². The number of rotatable bonds is 5. The van der Waals surface area contributed by atoms with Crippen LogP contribution in [0.5, 0.6) is 0 Å². The fourth-order valence-electron chi connectivity index (χ4n) is 2.17. The Labute approximate surface area is 138 Å². The second kappa shape index (κ2) is 7.09. The van der Waals surface area contributed by atoms with Gasteiger partial charge >= 0.3 is 0 Å². The van der Waals surface area contributed by atoms with Crippen LogP contribution in [-0.4, -0.2) is 34.4 Å². The largest absolute Gasteiger partial charge is 0.376 e. The summed E-state index contributed by atoms with van der Waals surface area (Å²) in [5.74, 6) is 1.03. The van der Waals surface area contributed by atoms with Gasteiger partial charge in [0.05, 0.1) is 22.3 Å². The van der Waals surface area contributed by atoms with Gasteiger partial charge in [0.15, 0.2) is 5.82 Å². The first-order chi connectivity index (χ1) is 10.7. The summed E-state index contributed by atoms with van der Waals surface area (Å²) in [5, 5.41) is 15.1. The third-order valence-electron chi connectivity index (χ3n) is 3.26. The number of hydrogen-bond donors (Lipinski definition) is 2.